The highest BCUT2D eigenvalue weighted by Crippen LogP contribution is 2.36. The maximum absolute atomic E-state index is 5.84. The van der Waals surface area contributed by atoms with E-state index >= 15 is 0 Å². The smallest absolute Gasteiger partial charge is 0.175 e. The van der Waals surface area contributed by atoms with Gasteiger partial charge in [-0.15, -0.1) is 0 Å². The Bertz CT molecular complexity index is 483. The molecule has 0 fully saturated rings. The first-order valence-corrected chi connectivity index (χ1v) is 5.16. The van der Waals surface area contributed by atoms with E-state index in [1.807, 2.05) is 12.1 Å². The molecule has 4 nitrogen and oxygen atoms in total. The molecule has 0 aliphatic rings. The quantitative estimate of drug-likeness (QED) is 0.797. The van der Waals surface area contributed by atoms with Crippen LogP contribution in [0.1, 0.15) is 26.5 Å². The van der Waals surface area contributed by atoms with Crippen LogP contribution < -0.4 is 5.73 Å². The van der Waals surface area contributed by atoms with Crippen LogP contribution in [0.4, 0.5) is 5.82 Å². The summed E-state index contributed by atoms with van der Waals surface area (Å²) in [5, 5.41) is 3.84. The van der Waals surface area contributed by atoms with Gasteiger partial charge in [0.2, 0.25) is 0 Å². The molecule has 0 bridgehead atoms. The number of hydrogen-bond donors (Lipinski definition) is 1. The summed E-state index contributed by atoms with van der Waals surface area (Å²) >= 11 is 0. The predicted octanol–water partition coefficient (Wildman–Crippen LogP) is 2.62. The van der Waals surface area contributed by atoms with Gasteiger partial charge >= 0.3 is 0 Å². The molecule has 2 rings (SSSR count). The Hall–Kier alpha value is -1.84. The number of hydrogen-bond acceptors (Lipinski definition) is 4. The Kier molecular flexibility index (Phi) is 2.42. The number of nitrogens with two attached hydrogens (primary N) is 1. The van der Waals surface area contributed by atoms with E-state index in [0.29, 0.717) is 5.82 Å². The highest BCUT2D eigenvalue weighted by molar-refractivity contribution is 5.75. The lowest BCUT2D eigenvalue weighted by Crippen LogP contribution is -2.11. The molecule has 2 aromatic heterocycles. The molecule has 2 aromatic rings. The third-order valence-corrected chi connectivity index (χ3v) is 2.37. The Morgan fingerprint density at radius 2 is 1.81 bits per heavy atom. The first-order valence-electron chi connectivity index (χ1n) is 5.16. The highest BCUT2D eigenvalue weighted by atomic mass is 16.5. The van der Waals surface area contributed by atoms with Crippen molar-refractivity contribution in [3.63, 3.8) is 0 Å². The maximum Gasteiger partial charge on any atom is 0.175 e. The van der Waals surface area contributed by atoms with Crippen molar-refractivity contribution in [1.29, 1.82) is 0 Å². The highest BCUT2D eigenvalue weighted by Gasteiger charge is 2.26. The fourth-order valence-corrected chi connectivity index (χ4v) is 1.61. The molecule has 0 spiro atoms. The van der Waals surface area contributed by atoms with E-state index < -0.39 is 0 Å². The van der Waals surface area contributed by atoms with Gasteiger partial charge in [0.25, 0.3) is 0 Å². The van der Waals surface area contributed by atoms with Gasteiger partial charge in [0.05, 0.1) is 5.56 Å². The van der Waals surface area contributed by atoms with Crippen LogP contribution in [-0.4, -0.2) is 10.1 Å². The third-order valence-electron chi connectivity index (χ3n) is 2.37. The number of aromatic nitrogens is 2. The second-order valence-corrected chi connectivity index (χ2v) is 4.76. The lowest BCUT2D eigenvalue weighted by molar-refractivity contribution is 0.332. The summed E-state index contributed by atoms with van der Waals surface area (Å²) in [6.07, 6.45) is 3.46. The first kappa shape index (κ1) is 10.7. The summed E-state index contributed by atoms with van der Waals surface area (Å²) in [5.74, 6) is 1.23. The van der Waals surface area contributed by atoms with Gasteiger partial charge < -0.3 is 10.3 Å². The normalized spacial score (nSPS) is 11.7. The van der Waals surface area contributed by atoms with Crippen LogP contribution in [0.25, 0.3) is 11.1 Å². The van der Waals surface area contributed by atoms with Crippen LogP contribution in [0.15, 0.2) is 29.0 Å². The predicted molar refractivity (Wildman–Crippen MR) is 62.8 cm³/mol. The topological polar surface area (TPSA) is 64.9 Å². The van der Waals surface area contributed by atoms with Crippen molar-refractivity contribution in [2.75, 3.05) is 5.73 Å². The number of anilines is 1. The minimum absolute atomic E-state index is 0.122. The van der Waals surface area contributed by atoms with Crippen molar-refractivity contribution in [2.24, 2.45) is 0 Å². The Morgan fingerprint density at radius 3 is 2.38 bits per heavy atom. The zero-order chi connectivity index (χ0) is 11.8. The number of rotatable bonds is 1. The molecule has 0 aliphatic heterocycles. The van der Waals surface area contributed by atoms with E-state index in [2.05, 4.69) is 30.9 Å². The standard InChI is InChI=1S/C12H15N3O/c1-12(2,3)10-9(11(13)15-16-10)8-4-6-14-7-5-8/h4-7H,1-3H3,(H2,13,15). The Morgan fingerprint density at radius 1 is 1.19 bits per heavy atom. The fourth-order valence-electron chi connectivity index (χ4n) is 1.61. The number of pyridine rings is 1. The Balaban J connectivity index is 2.61. The van der Waals surface area contributed by atoms with Crippen LogP contribution in [0.5, 0.6) is 0 Å². The van der Waals surface area contributed by atoms with Crippen LogP contribution in [0, 0.1) is 0 Å². The van der Waals surface area contributed by atoms with E-state index in [1.165, 1.54) is 0 Å². The van der Waals surface area contributed by atoms with E-state index in [0.717, 1.165) is 16.9 Å². The molecule has 0 aliphatic carbocycles. The SMILES string of the molecule is CC(C)(C)c1onc(N)c1-c1ccncc1. The van der Waals surface area contributed by atoms with Crippen molar-refractivity contribution < 1.29 is 4.52 Å². The second-order valence-electron chi connectivity index (χ2n) is 4.76. The summed E-state index contributed by atoms with van der Waals surface area (Å²) in [6.45, 7) is 6.20. The molecule has 0 radical (unpaired) electrons. The molecule has 0 saturated heterocycles. The summed E-state index contributed by atoms with van der Waals surface area (Å²) in [6, 6.07) is 3.80. The molecule has 16 heavy (non-hydrogen) atoms. The van der Waals surface area contributed by atoms with E-state index in [4.69, 9.17) is 10.3 Å². The minimum Gasteiger partial charge on any atom is -0.380 e. The average molecular weight is 217 g/mol. The number of nitrogen functional groups attached to an aromatic ring is 1. The van der Waals surface area contributed by atoms with Crippen LogP contribution in [-0.2, 0) is 5.41 Å². The lowest BCUT2D eigenvalue weighted by Gasteiger charge is -2.15. The molecule has 2 N–H and O–H groups in total. The van der Waals surface area contributed by atoms with Crippen molar-refractivity contribution >= 4 is 5.82 Å². The van der Waals surface area contributed by atoms with Gasteiger partial charge in [0, 0.05) is 17.8 Å². The fraction of sp³-hybridized carbons (Fsp3) is 0.333. The molecule has 0 aromatic carbocycles. The van der Waals surface area contributed by atoms with Crippen molar-refractivity contribution in [2.45, 2.75) is 26.2 Å². The van der Waals surface area contributed by atoms with Crippen molar-refractivity contribution in [3.8, 4) is 11.1 Å². The van der Waals surface area contributed by atoms with Crippen LogP contribution in [0.3, 0.4) is 0 Å². The maximum atomic E-state index is 5.84. The molecule has 0 atom stereocenters. The second kappa shape index (κ2) is 3.63. The summed E-state index contributed by atoms with van der Waals surface area (Å²) in [4.78, 5) is 3.98. The molecule has 0 amide bonds. The average Bonchev–Trinajstić information content (AvgIpc) is 2.61. The zero-order valence-corrected chi connectivity index (χ0v) is 9.69. The monoisotopic (exact) mass is 217 g/mol. The van der Waals surface area contributed by atoms with Gasteiger partial charge in [-0.2, -0.15) is 0 Å². The zero-order valence-electron chi connectivity index (χ0n) is 9.69. The minimum atomic E-state index is -0.122. The number of nitrogens with zero attached hydrogens (tertiary/aromatic N) is 2. The molecule has 2 heterocycles. The van der Waals surface area contributed by atoms with E-state index in [9.17, 15) is 0 Å². The Labute approximate surface area is 94.5 Å². The molecule has 0 saturated carbocycles. The molecule has 84 valence electrons. The van der Waals surface area contributed by atoms with Gasteiger partial charge in [-0.3, -0.25) is 4.98 Å². The van der Waals surface area contributed by atoms with Gasteiger partial charge in [0.1, 0.15) is 0 Å². The van der Waals surface area contributed by atoms with Crippen molar-refractivity contribution in [3.05, 3.63) is 30.3 Å². The molecule has 4 heteroatoms. The van der Waals surface area contributed by atoms with Gasteiger partial charge in [0.15, 0.2) is 11.6 Å². The first-order chi connectivity index (χ1) is 7.50. The van der Waals surface area contributed by atoms with Gasteiger partial charge in [-0.05, 0) is 17.7 Å². The molecular weight excluding hydrogens is 202 g/mol. The lowest BCUT2D eigenvalue weighted by atomic mass is 9.88. The van der Waals surface area contributed by atoms with E-state index in [1.54, 1.807) is 12.4 Å². The van der Waals surface area contributed by atoms with Gasteiger partial charge in [-0.25, -0.2) is 0 Å². The third kappa shape index (κ3) is 1.78. The van der Waals surface area contributed by atoms with Crippen LogP contribution in [0.2, 0.25) is 0 Å². The molecule has 0 unspecified atom stereocenters. The van der Waals surface area contributed by atoms with Crippen molar-refractivity contribution in [1.82, 2.24) is 10.1 Å². The van der Waals surface area contributed by atoms with E-state index in [-0.39, 0.29) is 5.41 Å². The van der Waals surface area contributed by atoms with Crippen LogP contribution >= 0.6 is 0 Å². The molecular formula is C12H15N3O. The van der Waals surface area contributed by atoms with Gasteiger partial charge in [-0.1, -0.05) is 25.9 Å². The summed E-state index contributed by atoms with van der Waals surface area (Å²) in [7, 11) is 0. The largest absolute Gasteiger partial charge is 0.380 e. The summed E-state index contributed by atoms with van der Waals surface area (Å²) in [5.41, 5.74) is 7.58. The summed E-state index contributed by atoms with van der Waals surface area (Å²) < 4.78 is 5.32.